The summed E-state index contributed by atoms with van der Waals surface area (Å²) in [6.45, 7) is 3.19. The standard InChI is InChI=1S/C13H17Cl2NS/c1-9(16-8-10-4-3-7-17-10)11-5-2-6-12(14)13(11)15/h2,5-6,9-10,16H,3-4,7-8H2,1H3. The average molecular weight is 290 g/mol. The van der Waals surface area contributed by atoms with Crippen molar-refractivity contribution in [3.8, 4) is 0 Å². The maximum atomic E-state index is 6.21. The molecule has 1 fully saturated rings. The first kappa shape index (κ1) is 13.5. The van der Waals surface area contributed by atoms with Crippen LogP contribution < -0.4 is 5.32 Å². The van der Waals surface area contributed by atoms with Crippen molar-refractivity contribution < 1.29 is 0 Å². The van der Waals surface area contributed by atoms with Gasteiger partial charge in [0.2, 0.25) is 0 Å². The monoisotopic (exact) mass is 289 g/mol. The molecule has 1 aliphatic heterocycles. The van der Waals surface area contributed by atoms with Crippen LogP contribution in [0.3, 0.4) is 0 Å². The Kier molecular flexibility index (Phi) is 5.04. The van der Waals surface area contributed by atoms with Crippen LogP contribution in [0.2, 0.25) is 10.0 Å². The van der Waals surface area contributed by atoms with Crippen LogP contribution in [0, 0.1) is 0 Å². The third-order valence-corrected chi connectivity index (χ3v) is 5.36. The molecule has 0 amide bonds. The SMILES string of the molecule is CC(NCC1CCCS1)c1cccc(Cl)c1Cl. The van der Waals surface area contributed by atoms with Crippen LogP contribution >= 0.6 is 35.0 Å². The van der Waals surface area contributed by atoms with Crippen molar-refractivity contribution in [1.29, 1.82) is 0 Å². The molecule has 2 unspecified atom stereocenters. The summed E-state index contributed by atoms with van der Waals surface area (Å²) in [7, 11) is 0. The molecule has 1 saturated heterocycles. The Balaban J connectivity index is 1.94. The molecule has 2 atom stereocenters. The van der Waals surface area contributed by atoms with E-state index in [1.807, 2.05) is 18.2 Å². The first-order valence-corrected chi connectivity index (χ1v) is 7.78. The van der Waals surface area contributed by atoms with Gasteiger partial charge in [-0.2, -0.15) is 11.8 Å². The second-order valence-corrected chi connectivity index (χ2v) is 6.60. The molecular formula is C13H17Cl2NS. The molecule has 1 nitrogen and oxygen atoms in total. The highest BCUT2D eigenvalue weighted by Crippen LogP contribution is 2.30. The van der Waals surface area contributed by atoms with E-state index in [9.17, 15) is 0 Å². The van der Waals surface area contributed by atoms with Crippen LogP contribution in [0.4, 0.5) is 0 Å². The Morgan fingerprint density at radius 3 is 3.00 bits per heavy atom. The van der Waals surface area contributed by atoms with E-state index < -0.39 is 0 Å². The number of benzene rings is 1. The first-order chi connectivity index (χ1) is 8.18. The molecule has 1 N–H and O–H groups in total. The minimum Gasteiger partial charge on any atom is -0.309 e. The fraction of sp³-hybridized carbons (Fsp3) is 0.538. The van der Waals surface area contributed by atoms with Gasteiger partial charge in [-0.05, 0) is 37.1 Å². The molecule has 1 heterocycles. The number of hydrogen-bond donors (Lipinski definition) is 1. The third kappa shape index (κ3) is 3.54. The summed E-state index contributed by atoms with van der Waals surface area (Å²) in [5.74, 6) is 1.30. The molecule has 1 aromatic carbocycles. The highest BCUT2D eigenvalue weighted by atomic mass is 35.5. The lowest BCUT2D eigenvalue weighted by Crippen LogP contribution is -2.26. The molecule has 0 bridgehead atoms. The smallest absolute Gasteiger partial charge is 0.0639 e. The van der Waals surface area contributed by atoms with Crippen molar-refractivity contribution in [1.82, 2.24) is 5.32 Å². The zero-order chi connectivity index (χ0) is 12.3. The predicted octanol–water partition coefficient (Wildman–Crippen LogP) is 4.54. The van der Waals surface area contributed by atoms with Gasteiger partial charge in [-0.25, -0.2) is 0 Å². The zero-order valence-electron chi connectivity index (χ0n) is 9.88. The second kappa shape index (κ2) is 6.33. The Morgan fingerprint density at radius 1 is 1.47 bits per heavy atom. The Bertz CT molecular complexity index is 378. The van der Waals surface area contributed by atoms with Gasteiger partial charge in [0.1, 0.15) is 0 Å². The van der Waals surface area contributed by atoms with Crippen molar-refractivity contribution in [2.24, 2.45) is 0 Å². The van der Waals surface area contributed by atoms with Gasteiger partial charge >= 0.3 is 0 Å². The molecule has 0 saturated carbocycles. The van der Waals surface area contributed by atoms with Gasteiger partial charge in [-0.15, -0.1) is 0 Å². The van der Waals surface area contributed by atoms with E-state index in [-0.39, 0.29) is 6.04 Å². The van der Waals surface area contributed by atoms with E-state index in [4.69, 9.17) is 23.2 Å². The Morgan fingerprint density at radius 2 is 2.29 bits per heavy atom. The fourth-order valence-electron chi connectivity index (χ4n) is 2.08. The largest absolute Gasteiger partial charge is 0.309 e. The summed E-state index contributed by atoms with van der Waals surface area (Å²) in [6.07, 6.45) is 2.68. The number of rotatable bonds is 4. The van der Waals surface area contributed by atoms with E-state index >= 15 is 0 Å². The zero-order valence-corrected chi connectivity index (χ0v) is 12.2. The van der Waals surface area contributed by atoms with Crippen LogP contribution in [0.5, 0.6) is 0 Å². The fourth-order valence-corrected chi connectivity index (χ4v) is 3.76. The summed E-state index contributed by atoms with van der Waals surface area (Å²) < 4.78 is 0. The minimum absolute atomic E-state index is 0.252. The molecule has 0 aromatic heterocycles. The van der Waals surface area contributed by atoms with Crippen LogP contribution in [0.1, 0.15) is 31.4 Å². The van der Waals surface area contributed by atoms with Gasteiger partial charge in [0, 0.05) is 17.8 Å². The molecule has 2 rings (SSSR count). The van der Waals surface area contributed by atoms with Gasteiger partial charge in [0.25, 0.3) is 0 Å². The van der Waals surface area contributed by atoms with Gasteiger partial charge in [-0.3, -0.25) is 0 Å². The number of thioether (sulfide) groups is 1. The van der Waals surface area contributed by atoms with E-state index in [0.717, 1.165) is 17.4 Å². The molecule has 1 aliphatic rings. The number of halogens is 2. The van der Waals surface area contributed by atoms with Crippen LogP contribution in [-0.4, -0.2) is 17.5 Å². The summed E-state index contributed by atoms with van der Waals surface area (Å²) >= 11 is 14.3. The Labute approximate surface area is 117 Å². The normalized spacial score (nSPS) is 21.7. The van der Waals surface area contributed by atoms with E-state index in [2.05, 4.69) is 24.0 Å². The summed E-state index contributed by atoms with van der Waals surface area (Å²) in [6, 6.07) is 6.06. The van der Waals surface area contributed by atoms with Crippen molar-refractivity contribution in [3.63, 3.8) is 0 Å². The molecule has 4 heteroatoms. The Hall–Kier alpha value is 0.110. The minimum atomic E-state index is 0.252. The molecule has 0 radical (unpaired) electrons. The summed E-state index contributed by atoms with van der Waals surface area (Å²) in [4.78, 5) is 0. The lowest BCUT2D eigenvalue weighted by molar-refractivity contribution is 0.559. The van der Waals surface area contributed by atoms with Crippen LogP contribution in [0.25, 0.3) is 0 Å². The molecule has 17 heavy (non-hydrogen) atoms. The van der Waals surface area contributed by atoms with E-state index in [1.165, 1.54) is 18.6 Å². The molecule has 0 spiro atoms. The predicted molar refractivity (Wildman–Crippen MR) is 78.4 cm³/mol. The van der Waals surface area contributed by atoms with Crippen LogP contribution in [-0.2, 0) is 0 Å². The first-order valence-electron chi connectivity index (χ1n) is 5.97. The van der Waals surface area contributed by atoms with Crippen molar-refractivity contribution in [3.05, 3.63) is 33.8 Å². The van der Waals surface area contributed by atoms with Crippen molar-refractivity contribution in [2.45, 2.75) is 31.1 Å². The summed E-state index contributed by atoms with van der Waals surface area (Å²) in [5, 5.41) is 5.61. The van der Waals surface area contributed by atoms with Crippen LogP contribution in [0.15, 0.2) is 18.2 Å². The highest BCUT2D eigenvalue weighted by molar-refractivity contribution is 8.00. The average Bonchev–Trinajstić information content (AvgIpc) is 2.82. The van der Waals surface area contributed by atoms with E-state index in [0.29, 0.717) is 10.0 Å². The molecular weight excluding hydrogens is 273 g/mol. The maximum Gasteiger partial charge on any atom is 0.0639 e. The lowest BCUT2D eigenvalue weighted by atomic mass is 10.1. The lowest BCUT2D eigenvalue weighted by Gasteiger charge is -2.18. The van der Waals surface area contributed by atoms with Gasteiger partial charge in [-0.1, -0.05) is 35.3 Å². The molecule has 0 aliphatic carbocycles. The van der Waals surface area contributed by atoms with E-state index in [1.54, 1.807) is 0 Å². The highest BCUT2D eigenvalue weighted by Gasteiger charge is 2.17. The number of hydrogen-bond acceptors (Lipinski definition) is 2. The van der Waals surface area contributed by atoms with Crippen molar-refractivity contribution in [2.75, 3.05) is 12.3 Å². The summed E-state index contributed by atoms with van der Waals surface area (Å²) in [5.41, 5.74) is 1.09. The van der Waals surface area contributed by atoms with Gasteiger partial charge < -0.3 is 5.32 Å². The van der Waals surface area contributed by atoms with Gasteiger partial charge in [0.15, 0.2) is 0 Å². The third-order valence-electron chi connectivity index (χ3n) is 3.12. The maximum absolute atomic E-state index is 6.21. The molecule has 94 valence electrons. The quantitative estimate of drug-likeness (QED) is 0.873. The van der Waals surface area contributed by atoms with Crippen molar-refractivity contribution >= 4 is 35.0 Å². The second-order valence-electron chi connectivity index (χ2n) is 4.41. The topological polar surface area (TPSA) is 12.0 Å². The molecule has 1 aromatic rings. The number of nitrogens with one attached hydrogen (secondary N) is 1. The van der Waals surface area contributed by atoms with Gasteiger partial charge in [0.05, 0.1) is 10.0 Å².